The van der Waals surface area contributed by atoms with Gasteiger partial charge in [0.25, 0.3) is 11.7 Å². The van der Waals surface area contributed by atoms with Crippen molar-refractivity contribution in [2.75, 3.05) is 32.1 Å². The summed E-state index contributed by atoms with van der Waals surface area (Å²) in [5.74, 6) is -0.283. The smallest absolute Gasteiger partial charge is 0.295 e. The molecule has 3 rings (SSSR count). The van der Waals surface area contributed by atoms with Crippen molar-refractivity contribution in [3.05, 3.63) is 65.2 Å². The summed E-state index contributed by atoms with van der Waals surface area (Å²) in [5, 5.41) is 11.2. The van der Waals surface area contributed by atoms with Crippen LogP contribution in [-0.2, 0) is 9.59 Å². The summed E-state index contributed by atoms with van der Waals surface area (Å²) in [5.41, 5.74) is 2.43. The first-order chi connectivity index (χ1) is 15.7. The number of hydrogen-bond acceptors (Lipinski definition) is 5. The predicted molar refractivity (Wildman–Crippen MR) is 131 cm³/mol. The highest BCUT2D eigenvalue weighted by Crippen LogP contribution is 2.40. The Morgan fingerprint density at radius 3 is 2.24 bits per heavy atom. The van der Waals surface area contributed by atoms with E-state index in [1.807, 2.05) is 50.2 Å². The molecule has 1 atom stereocenters. The van der Waals surface area contributed by atoms with Crippen molar-refractivity contribution < 1.29 is 19.4 Å². The molecule has 0 spiro atoms. The SMILES string of the molecule is CCCCN1C(=O)C(=O)/C(=C(\O)c2ccc(OCC(C)C)cc2)C1c1ccc(N(C)C)cc1. The number of rotatable bonds is 9. The third kappa shape index (κ3) is 5.38. The third-order valence-electron chi connectivity index (χ3n) is 5.73. The third-order valence-corrected chi connectivity index (χ3v) is 5.73. The monoisotopic (exact) mass is 450 g/mol. The maximum absolute atomic E-state index is 13.1. The van der Waals surface area contributed by atoms with Crippen LogP contribution in [0.1, 0.15) is 50.8 Å². The number of nitrogens with zero attached hydrogens (tertiary/aromatic N) is 2. The Morgan fingerprint density at radius 2 is 1.70 bits per heavy atom. The summed E-state index contributed by atoms with van der Waals surface area (Å²) in [7, 11) is 3.91. The lowest BCUT2D eigenvalue weighted by atomic mass is 9.95. The molecule has 1 N–H and O–H groups in total. The Morgan fingerprint density at radius 1 is 1.06 bits per heavy atom. The van der Waals surface area contributed by atoms with Crippen LogP contribution in [-0.4, -0.2) is 48.9 Å². The number of aliphatic hydroxyl groups excluding tert-OH is 1. The molecule has 1 amide bonds. The van der Waals surface area contributed by atoms with Crippen LogP contribution in [0.25, 0.3) is 5.76 Å². The topological polar surface area (TPSA) is 70.1 Å². The van der Waals surface area contributed by atoms with E-state index in [0.717, 1.165) is 24.1 Å². The predicted octanol–water partition coefficient (Wildman–Crippen LogP) is 5.01. The van der Waals surface area contributed by atoms with Crippen LogP contribution < -0.4 is 9.64 Å². The average Bonchev–Trinajstić information content (AvgIpc) is 3.06. The fraction of sp³-hybridized carbons (Fsp3) is 0.407. The van der Waals surface area contributed by atoms with Crippen molar-refractivity contribution in [2.24, 2.45) is 5.92 Å². The number of aliphatic hydroxyl groups is 1. The van der Waals surface area contributed by atoms with Crippen LogP contribution in [0, 0.1) is 5.92 Å². The minimum absolute atomic E-state index is 0.129. The molecular weight excluding hydrogens is 416 g/mol. The van der Waals surface area contributed by atoms with E-state index < -0.39 is 17.7 Å². The molecule has 2 aromatic rings. The lowest BCUT2D eigenvalue weighted by Crippen LogP contribution is -2.30. The zero-order chi connectivity index (χ0) is 24.1. The summed E-state index contributed by atoms with van der Waals surface area (Å²) in [6.07, 6.45) is 1.67. The first kappa shape index (κ1) is 24.4. The molecule has 1 aliphatic heterocycles. The van der Waals surface area contributed by atoms with Crippen molar-refractivity contribution in [1.82, 2.24) is 4.90 Å². The lowest BCUT2D eigenvalue weighted by molar-refractivity contribution is -0.139. The minimum atomic E-state index is -0.648. The highest BCUT2D eigenvalue weighted by Gasteiger charge is 2.45. The maximum atomic E-state index is 13.1. The lowest BCUT2D eigenvalue weighted by Gasteiger charge is -2.25. The number of hydrogen-bond donors (Lipinski definition) is 1. The summed E-state index contributed by atoms with van der Waals surface area (Å²) < 4.78 is 5.72. The number of carbonyl (C=O) groups is 2. The van der Waals surface area contributed by atoms with Gasteiger partial charge in [0, 0.05) is 31.9 Å². The summed E-state index contributed by atoms with van der Waals surface area (Å²) >= 11 is 0. The van der Waals surface area contributed by atoms with Gasteiger partial charge in [-0.25, -0.2) is 0 Å². The van der Waals surface area contributed by atoms with Gasteiger partial charge < -0.3 is 19.6 Å². The molecular formula is C27H34N2O4. The molecule has 1 saturated heterocycles. The molecule has 0 aromatic heterocycles. The molecule has 0 radical (unpaired) electrons. The van der Waals surface area contributed by atoms with Gasteiger partial charge in [-0.2, -0.15) is 0 Å². The van der Waals surface area contributed by atoms with Crippen molar-refractivity contribution >= 4 is 23.1 Å². The summed E-state index contributed by atoms with van der Waals surface area (Å²) in [6, 6.07) is 14.1. The Balaban J connectivity index is 2.02. The van der Waals surface area contributed by atoms with E-state index in [9.17, 15) is 14.7 Å². The van der Waals surface area contributed by atoms with Crippen LogP contribution in [0.2, 0.25) is 0 Å². The van der Waals surface area contributed by atoms with Gasteiger partial charge in [-0.15, -0.1) is 0 Å². The van der Waals surface area contributed by atoms with Crippen molar-refractivity contribution in [2.45, 2.75) is 39.7 Å². The van der Waals surface area contributed by atoms with Gasteiger partial charge in [-0.1, -0.05) is 39.3 Å². The van der Waals surface area contributed by atoms with E-state index in [0.29, 0.717) is 30.4 Å². The zero-order valence-electron chi connectivity index (χ0n) is 20.2. The molecule has 0 aliphatic carbocycles. The van der Waals surface area contributed by atoms with E-state index in [1.165, 1.54) is 0 Å². The van der Waals surface area contributed by atoms with E-state index in [4.69, 9.17) is 4.74 Å². The second kappa shape index (κ2) is 10.6. The Hall–Kier alpha value is -3.28. The number of ketones is 1. The first-order valence-corrected chi connectivity index (χ1v) is 11.5. The van der Waals surface area contributed by atoms with Crippen LogP contribution >= 0.6 is 0 Å². The maximum Gasteiger partial charge on any atom is 0.295 e. The minimum Gasteiger partial charge on any atom is -0.507 e. The summed E-state index contributed by atoms with van der Waals surface area (Å²) in [4.78, 5) is 29.5. The molecule has 6 nitrogen and oxygen atoms in total. The Bertz CT molecular complexity index is 1010. The Labute approximate surface area is 196 Å². The van der Waals surface area contributed by atoms with Gasteiger partial charge in [0.15, 0.2) is 0 Å². The zero-order valence-corrected chi connectivity index (χ0v) is 20.2. The number of amides is 1. The normalized spacial score (nSPS) is 17.6. The Kier molecular flexibility index (Phi) is 7.79. The van der Waals surface area contributed by atoms with E-state index in [2.05, 4.69) is 13.8 Å². The molecule has 0 bridgehead atoms. The van der Waals surface area contributed by atoms with Gasteiger partial charge in [0.2, 0.25) is 0 Å². The van der Waals surface area contributed by atoms with E-state index >= 15 is 0 Å². The van der Waals surface area contributed by atoms with Crippen molar-refractivity contribution in [3.8, 4) is 5.75 Å². The van der Waals surface area contributed by atoms with Gasteiger partial charge in [0.1, 0.15) is 11.5 Å². The number of likely N-dealkylation sites (tertiary alicyclic amines) is 1. The largest absolute Gasteiger partial charge is 0.507 e. The molecule has 1 unspecified atom stereocenters. The van der Waals surface area contributed by atoms with Crippen molar-refractivity contribution in [3.63, 3.8) is 0 Å². The molecule has 6 heteroatoms. The molecule has 2 aromatic carbocycles. The van der Waals surface area contributed by atoms with Crippen molar-refractivity contribution in [1.29, 1.82) is 0 Å². The number of carbonyl (C=O) groups excluding carboxylic acids is 2. The van der Waals surface area contributed by atoms with Crippen LogP contribution in [0.5, 0.6) is 5.75 Å². The van der Waals surface area contributed by atoms with Gasteiger partial charge in [-0.05, 0) is 54.3 Å². The highest BCUT2D eigenvalue weighted by atomic mass is 16.5. The fourth-order valence-corrected chi connectivity index (χ4v) is 3.87. The molecule has 1 aliphatic rings. The second-order valence-electron chi connectivity index (χ2n) is 9.06. The first-order valence-electron chi connectivity index (χ1n) is 11.5. The van der Waals surface area contributed by atoms with Crippen LogP contribution in [0.3, 0.4) is 0 Å². The number of anilines is 1. The molecule has 1 heterocycles. The quantitative estimate of drug-likeness (QED) is 0.330. The number of Topliss-reactive ketones (excluding diaryl/α,β-unsaturated/α-hetero) is 1. The molecule has 0 saturated carbocycles. The highest BCUT2D eigenvalue weighted by molar-refractivity contribution is 6.46. The van der Waals surface area contributed by atoms with E-state index in [1.54, 1.807) is 29.2 Å². The second-order valence-corrected chi connectivity index (χ2v) is 9.06. The van der Waals surface area contributed by atoms with Gasteiger partial charge in [0.05, 0.1) is 18.2 Å². The van der Waals surface area contributed by atoms with E-state index in [-0.39, 0.29) is 11.3 Å². The van der Waals surface area contributed by atoms with Crippen LogP contribution in [0.15, 0.2) is 54.1 Å². The standard InChI is InChI=1S/C27H34N2O4/c1-6-7-16-29-24(19-8-12-21(13-9-19)28(4)5)23(26(31)27(29)32)25(30)20-10-14-22(15-11-20)33-17-18(2)3/h8-15,18,24,30H,6-7,16-17H2,1-5H3/b25-23-. The summed E-state index contributed by atoms with van der Waals surface area (Å²) in [6.45, 7) is 7.24. The van der Waals surface area contributed by atoms with Gasteiger partial charge in [-0.3, -0.25) is 9.59 Å². The molecule has 1 fully saturated rings. The number of unbranched alkanes of at least 4 members (excludes halogenated alkanes) is 1. The number of benzene rings is 2. The fourth-order valence-electron chi connectivity index (χ4n) is 3.87. The molecule has 176 valence electrons. The molecule has 33 heavy (non-hydrogen) atoms. The number of ether oxygens (including phenoxy) is 1. The average molecular weight is 451 g/mol. The van der Waals surface area contributed by atoms with Gasteiger partial charge >= 0.3 is 0 Å². The van der Waals surface area contributed by atoms with Crippen LogP contribution in [0.4, 0.5) is 5.69 Å².